The first-order valence-corrected chi connectivity index (χ1v) is 4.95. The summed E-state index contributed by atoms with van der Waals surface area (Å²) in [4.78, 5) is 11.5. The molecule has 1 aliphatic rings. The lowest BCUT2D eigenvalue weighted by molar-refractivity contribution is 0.0994. The molecule has 1 aromatic rings. The van der Waals surface area contributed by atoms with E-state index < -0.39 is 0 Å². The molecule has 0 spiro atoms. The minimum Gasteiger partial charge on any atom is -0.294 e. The summed E-state index contributed by atoms with van der Waals surface area (Å²) in [7, 11) is 0. The van der Waals surface area contributed by atoms with Crippen LogP contribution < -0.4 is 0 Å². The topological polar surface area (TPSA) is 17.1 Å². The summed E-state index contributed by atoms with van der Waals surface area (Å²) in [6.45, 7) is 2.10. The summed E-state index contributed by atoms with van der Waals surface area (Å²) >= 11 is 5.97. The highest BCUT2D eigenvalue weighted by atomic mass is 35.5. The van der Waals surface area contributed by atoms with Crippen molar-refractivity contribution in [2.45, 2.75) is 26.2 Å². The van der Waals surface area contributed by atoms with Crippen LogP contribution in [-0.2, 0) is 12.8 Å². The van der Waals surface area contributed by atoms with E-state index in [1.165, 1.54) is 11.1 Å². The molecular formula is C11H11ClO. The number of rotatable bonds is 1. The molecule has 1 aromatic carbocycles. The van der Waals surface area contributed by atoms with Gasteiger partial charge in [-0.15, -0.1) is 0 Å². The van der Waals surface area contributed by atoms with Gasteiger partial charge in [-0.05, 0) is 30.0 Å². The first-order valence-electron chi connectivity index (χ1n) is 4.57. The van der Waals surface area contributed by atoms with Crippen LogP contribution >= 0.6 is 11.6 Å². The van der Waals surface area contributed by atoms with Crippen molar-refractivity contribution in [2.75, 3.05) is 0 Å². The van der Waals surface area contributed by atoms with Crippen molar-refractivity contribution >= 4 is 17.4 Å². The van der Waals surface area contributed by atoms with Crippen LogP contribution in [0.5, 0.6) is 0 Å². The molecule has 0 aliphatic heterocycles. The van der Waals surface area contributed by atoms with Gasteiger partial charge in [0.25, 0.3) is 0 Å². The molecule has 0 heterocycles. The predicted octanol–water partition coefficient (Wildman–Crippen LogP) is 3.03. The van der Waals surface area contributed by atoms with Gasteiger partial charge in [0.1, 0.15) is 0 Å². The fourth-order valence-electron chi connectivity index (χ4n) is 1.94. The molecule has 0 atom stereocenters. The van der Waals surface area contributed by atoms with Crippen LogP contribution in [0.25, 0.3) is 0 Å². The van der Waals surface area contributed by atoms with Gasteiger partial charge in [-0.1, -0.05) is 24.6 Å². The molecule has 0 N–H and O–H groups in total. The number of Topliss-reactive ketones (excluding diaryl/α,β-unsaturated/α-hetero) is 1. The molecular weight excluding hydrogens is 184 g/mol. The first-order chi connectivity index (χ1) is 6.24. The van der Waals surface area contributed by atoms with Crippen molar-refractivity contribution in [3.8, 4) is 0 Å². The average Bonchev–Trinajstić information content (AvgIpc) is 2.50. The van der Waals surface area contributed by atoms with Crippen LogP contribution in [0.4, 0.5) is 0 Å². The van der Waals surface area contributed by atoms with Gasteiger partial charge in [-0.3, -0.25) is 4.79 Å². The van der Waals surface area contributed by atoms with Gasteiger partial charge in [-0.25, -0.2) is 0 Å². The molecule has 13 heavy (non-hydrogen) atoms. The van der Waals surface area contributed by atoms with Crippen molar-refractivity contribution < 1.29 is 4.79 Å². The van der Waals surface area contributed by atoms with E-state index in [4.69, 9.17) is 11.6 Å². The highest BCUT2D eigenvalue weighted by Gasteiger charge is 2.24. The molecule has 0 saturated heterocycles. The highest BCUT2D eigenvalue weighted by Crippen LogP contribution is 2.31. The highest BCUT2D eigenvalue weighted by molar-refractivity contribution is 6.34. The Bertz CT molecular complexity index is 369. The standard InChI is InChI=1S/C11H11ClO/c1-2-7-3-5-9(12)11-8(7)4-6-10(11)13/h3,5H,2,4,6H2,1H3. The van der Waals surface area contributed by atoms with Crippen molar-refractivity contribution in [3.63, 3.8) is 0 Å². The maximum atomic E-state index is 11.5. The number of ketones is 1. The number of fused-ring (bicyclic) bond motifs is 1. The van der Waals surface area contributed by atoms with E-state index >= 15 is 0 Å². The molecule has 0 saturated carbocycles. The molecule has 0 amide bonds. The van der Waals surface area contributed by atoms with E-state index in [-0.39, 0.29) is 5.78 Å². The Balaban J connectivity index is 2.65. The third kappa shape index (κ3) is 1.28. The van der Waals surface area contributed by atoms with Gasteiger partial charge in [0.15, 0.2) is 5.78 Å². The van der Waals surface area contributed by atoms with Gasteiger partial charge in [0, 0.05) is 12.0 Å². The zero-order valence-electron chi connectivity index (χ0n) is 7.56. The SMILES string of the molecule is CCc1ccc(Cl)c2c1CCC2=O. The van der Waals surface area contributed by atoms with Crippen LogP contribution in [-0.4, -0.2) is 5.78 Å². The van der Waals surface area contributed by atoms with Gasteiger partial charge >= 0.3 is 0 Å². The molecule has 0 radical (unpaired) electrons. The Labute approximate surface area is 82.7 Å². The lowest BCUT2D eigenvalue weighted by Gasteiger charge is -2.06. The number of benzene rings is 1. The molecule has 0 fully saturated rings. The van der Waals surface area contributed by atoms with Crippen LogP contribution in [0, 0.1) is 0 Å². The third-order valence-corrected chi connectivity index (χ3v) is 2.94. The van der Waals surface area contributed by atoms with E-state index in [0.717, 1.165) is 18.4 Å². The zero-order valence-corrected chi connectivity index (χ0v) is 8.32. The molecule has 0 aromatic heterocycles. The second kappa shape index (κ2) is 3.15. The van der Waals surface area contributed by atoms with Crippen molar-refractivity contribution in [2.24, 2.45) is 0 Å². The number of carbonyl (C=O) groups excluding carboxylic acids is 1. The summed E-state index contributed by atoms with van der Waals surface area (Å²) < 4.78 is 0. The largest absolute Gasteiger partial charge is 0.294 e. The summed E-state index contributed by atoms with van der Waals surface area (Å²) in [5, 5.41) is 0.620. The Morgan fingerprint density at radius 1 is 1.38 bits per heavy atom. The fraction of sp³-hybridized carbons (Fsp3) is 0.364. The predicted molar refractivity (Wildman–Crippen MR) is 53.5 cm³/mol. The Kier molecular flexibility index (Phi) is 2.12. The molecule has 68 valence electrons. The molecule has 2 rings (SSSR count). The Morgan fingerprint density at radius 3 is 2.85 bits per heavy atom. The van der Waals surface area contributed by atoms with Gasteiger partial charge in [-0.2, -0.15) is 0 Å². The number of aryl methyl sites for hydroxylation is 1. The van der Waals surface area contributed by atoms with E-state index in [1.54, 1.807) is 0 Å². The summed E-state index contributed by atoms with van der Waals surface area (Å²) in [5.74, 6) is 0.204. The number of halogens is 1. The molecule has 0 bridgehead atoms. The summed E-state index contributed by atoms with van der Waals surface area (Å²) in [5.41, 5.74) is 3.23. The molecule has 2 heteroatoms. The molecule has 1 nitrogen and oxygen atoms in total. The average molecular weight is 195 g/mol. The number of hydrogen-bond acceptors (Lipinski definition) is 1. The smallest absolute Gasteiger partial charge is 0.164 e. The van der Waals surface area contributed by atoms with E-state index in [2.05, 4.69) is 6.92 Å². The minimum atomic E-state index is 0.204. The van der Waals surface area contributed by atoms with Crippen LogP contribution in [0.1, 0.15) is 34.8 Å². The maximum Gasteiger partial charge on any atom is 0.164 e. The van der Waals surface area contributed by atoms with Crippen LogP contribution in [0.2, 0.25) is 5.02 Å². The third-order valence-electron chi connectivity index (χ3n) is 2.62. The normalized spacial score (nSPS) is 14.8. The Morgan fingerprint density at radius 2 is 2.15 bits per heavy atom. The maximum absolute atomic E-state index is 11.5. The molecule has 1 aliphatic carbocycles. The van der Waals surface area contributed by atoms with Crippen molar-refractivity contribution in [1.82, 2.24) is 0 Å². The monoisotopic (exact) mass is 194 g/mol. The van der Waals surface area contributed by atoms with Gasteiger partial charge < -0.3 is 0 Å². The van der Waals surface area contributed by atoms with Gasteiger partial charge in [0.05, 0.1) is 5.02 Å². The van der Waals surface area contributed by atoms with Crippen molar-refractivity contribution in [1.29, 1.82) is 0 Å². The minimum absolute atomic E-state index is 0.204. The lowest BCUT2D eigenvalue weighted by atomic mass is 10.0. The number of hydrogen-bond donors (Lipinski definition) is 0. The lowest BCUT2D eigenvalue weighted by Crippen LogP contribution is -1.95. The number of carbonyl (C=O) groups is 1. The summed E-state index contributed by atoms with van der Waals surface area (Å²) in [6.07, 6.45) is 2.48. The second-order valence-electron chi connectivity index (χ2n) is 3.34. The second-order valence-corrected chi connectivity index (χ2v) is 3.74. The van der Waals surface area contributed by atoms with E-state index in [0.29, 0.717) is 11.4 Å². The zero-order chi connectivity index (χ0) is 9.42. The fourth-order valence-corrected chi connectivity index (χ4v) is 2.23. The first kappa shape index (κ1) is 8.76. The van der Waals surface area contributed by atoms with Crippen LogP contribution in [0.3, 0.4) is 0 Å². The van der Waals surface area contributed by atoms with E-state index in [1.807, 2.05) is 12.1 Å². The summed E-state index contributed by atoms with van der Waals surface area (Å²) in [6, 6.07) is 3.86. The van der Waals surface area contributed by atoms with Gasteiger partial charge in [0.2, 0.25) is 0 Å². The van der Waals surface area contributed by atoms with Crippen molar-refractivity contribution in [3.05, 3.63) is 33.8 Å². The van der Waals surface area contributed by atoms with E-state index in [9.17, 15) is 4.79 Å². The van der Waals surface area contributed by atoms with Crippen LogP contribution in [0.15, 0.2) is 12.1 Å². The Hall–Kier alpha value is -0.820. The quantitative estimate of drug-likeness (QED) is 0.672. The molecule has 0 unspecified atom stereocenters.